The normalized spacial score (nSPS) is 12.4. The van der Waals surface area contributed by atoms with E-state index < -0.39 is 5.97 Å². The number of nitrogens with zero attached hydrogens (tertiary/aromatic N) is 1. The zero-order valence-electron chi connectivity index (χ0n) is 8.68. The predicted octanol–water partition coefficient (Wildman–Crippen LogP) is 2.30. The molecule has 1 rings (SSSR count). The van der Waals surface area contributed by atoms with E-state index in [2.05, 4.69) is 4.98 Å². The van der Waals surface area contributed by atoms with Crippen LogP contribution in [-0.4, -0.2) is 33.0 Å². The summed E-state index contributed by atoms with van der Waals surface area (Å²) < 4.78 is 0. The molecule has 16 heavy (non-hydrogen) atoms. The summed E-state index contributed by atoms with van der Waals surface area (Å²) in [7, 11) is 0. The second-order valence-corrected chi connectivity index (χ2v) is 5.11. The zero-order chi connectivity index (χ0) is 12.1. The highest BCUT2D eigenvalue weighted by molar-refractivity contribution is 7.99. The monoisotopic (exact) mass is 261 g/mol. The van der Waals surface area contributed by atoms with E-state index in [1.54, 1.807) is 0 Å². The summed E-state index contributed by atoms with van der Waals surface area (Å²) in [6.45, 7) is 2.03. The standard InChI is InChI=1S/C10H12ClNO3S/c1-6(2-3-13)16-9-5-7(10(14)15)4-8(11)12-9/h4-6,13H,2-3H2,1H3,(H,14,15). The molecule has 6 heteroatoms. The molecule has 0 aliphatic rings. The minimum Gasteiger partial charge on any atom is -0.478 e. The average Bonchev–Trinajstić information content (AvgIpc) is 2.16. The SMILES string of the molecule is CC(CCO)Sc1cc(C(=O)O)cc(Cl)n1. The Hall–Kier alpha value is -0.780. The summed E-state index contributed by atoms with van der Waals surface area (Å²) in [6, 6.07) is 2.79. The molecule has 0 spiro atoms. The number of halogens is 1. The summed E-state index contributed by atoms with van der Waals surface area (Å²) in [5.74, 6) is -1.03. The molecule has 0 saturated carbocycles. The van der Waals surface area contributed by atoms with Gasteiger partial charge in [0.15, 0.2) is 0 Å². The number of aromatic nitrogens is 1. The lowest BCUT2D eigenvalue weighted by Crippen LogP contribution is -2.02. The van der Waals surface area contributed by atoms with E-state index in [0.29, 0.717) is 11.4 Å². The van der Waals surface area contributed by atoms with Crippen molar-refractivity contribution in [3.8, 4) is 0 Å². The predicted molar refractivity (Wildman–Crippen MR) is 63.2 cm³/mol. The quantitative estimate of drug-likeness (QED) is 0.629. The van der Waals surface area contributed by atoms with E-state index in [9.17, 15) is 4.79 Å². The molecule has 2 N–H and O–H groups in total. The molecule has 1 aromatic heterocycles. The number of thioether (sulfide) groups is 1. The molecule has 1 heterocycles. The molecule has 0 amide bonds. The molecular formula is C10H12ClNO3S. The molecule has 0 radical (unpaired) electrons. The lowest BCUT2D eigenvalue weighted by atomic mass is 10.3. The van der Waals surface area contributed by atoms with Gasteiger partial charge < -0.3 is 10.2 Å². The lowest BCUT2D eigenvalue weighted by molar-refractivity contribution is 0.0696. The van der Waals surface area contributed by atoms with Gasteiger partial charge in [-0.3, -0.25) is 0 Å². The van der Waals surface area contributed by atoms with Crippen molar-refractivity contribution < 1.29 is 15.0 Å². The van der Waals surface area contributed by atoms with Crippen LogP contribution in [-0.2, 0) is 0 Å². The number of hydrogen-bond donors (Lipinski definition) is 2. The minimum absolute atomic E-state index is 0.0977. The fourth-order valence-electron chi connectivity index (χ4n) is 1.10. The molecular weight excluding hydrogens is 250 g/mol. The van der Waals surface area contributed by atoms with Crippen LogP contribution < -0.4 is 0 Å². The van der Waals surface area contributed by atoms with Crippen LogP contribution in [0.2, 0.25) is 5.15 Å². The van der Waals surface area contributed by atoms with Crippen molar-refractivity contribution in [3.63, 3.8) is 0 Å². The third-order valence-electron chi connectivity index (χ3n) is 1.88. The van der Waals surface area contributed by atoms with Crippen LogP contribution in [0.1, 0.15) is 23.7 Å². The molecule has 0 fully saturated rings. The maximum atomic E-state index is 10.8. The minimum atomic E-state index is -1.03. The summed E-state index contributed by atoms with van der Waals surface area (Å²) in [6.07, 6.45) is 0.626. The van der Waals surface area contributed by atoms with Crippen molar-refractivity contribution in [2.24, 2.45) is 0 Å². The topological polar surface area (TPSA) is 70.4 Å². The van der Waals surface area contributed by atoms with Crippen LogP contribution >= 0.6 is 23.4 Å². The van der Waals surface area contributed by atoms with Crippen molar-refractivity contribution in [3.05, 3.63) is 22.8 Å². The van der Waals surface area contributed by atoms with Gasteiger partial charge in [-0.25, -0.2) is 9.78 Å². The van der Waals surface area contributed by atoms with Crippen molar-refractivity contribution >= 4 is 29.3 Å². The summed E-state index contributed by atoms with van der Waals surface area (Å²) in [4.78, 5) is 14.8. The van der Waals surface area contributed by atoms with Crippen molar-refractivity contribution in [2.45, 2.75) is 23.6 Å². The van der Waals surface area contributed by atoms with E-state index in [1.165, 1.54) is 23.9 Å². The van der Waals surface area contributed by atoms with Crippen LogP contribution in [0, 0.1) is 0 Å². The first-order valence-electron chi connectivity index (χ1n) is 4.71. The van der Waals surface area contributed by atoms with Crippen LogP contribution in [0.25, 0.3) is 0 Å². The van der Waals surface area contributed by atoms with Crippen LogP contribution in [0.4, 0.5) is 0 Å². The number of aliphatic hydroxyl groups excluding tert-OH is 1. The van der Waals surface area contributed by atoms with Gasteiger partial charge in [0.25, 0.3) is 0 Å². The number of aliphatic hydroxyl groups is 1. The first kappa shape index (κ1) is 13.3. The molecule has 0 aromatic carbocycles. The lowest BCUT2D eigenvalue weighted by Gasteiger charge is -2.09. The summed E-state index contributed by atoms with van der Waals surface area (Å²) in [5.41, 5.74) is 0.124. The smallest absolute Gasteiger partial charge is 0.335 e. The van der Waals surface area contributed by atoms with Crippen LogP contribution in [0.3, 0.4) is 0 Å². The molecule has 1 atom stereocenters. The van der Waals surface area contributed by atoms with E-state index in [-0.39, 0.29) is 22.6 Å². The third-order valence-corrected chi connectivity index (χ3v) is 3.16. The molecule has 0 aliphatic heterocycles. The van der Waals surface area contributed by atoms with Crippen molar-refractivity contribution in [2.75, 3.05) is 6.61 Å². The number of aromatic carboxylic acids is 1. The highest BCUT2D eigenvalue weighted by Gasteiger charge is 2.10. The van der Waals surface area contributed by atoms with Gasteiger partial charge in [-0.15, -0.1) is 11.8 Å². The number of pyridine rings is 1. The Morgan fingerprint density at radius 3 is 2.88 bits per heavy atom. The Morgan fingerprint density at radius 2 is 2.31 bits per heavy atom. The van der Waals surface area contributed by atoms with Gasteiger partial charge in [0.1, 0.15) is 5.15 Å². The number of carboxylic acid groups (broad SMARTS) is 1. The third kappa shape index (κ3) is 4.00. The molecule has 1 aromatic rings. The molecule has 88 valence electrons. The molecule has 0 bridgehead atoms. The Bertz CT molecular complexity index is 386. The average molecular weight is 262 g/mol. The zero-order valence-corrected chi connectivity index (χ0v) is 10.3. The second-order valence-electron chi connectivity index (χ2n) is 3.26. The Kier molecular flexibility index (Phi) is 5.05. The molecule has 4 nitrogen and oxygen atoms in total. The highest BCUT2D eigenvalue weighted by atomic mass is 35.5. The van der Waals surface area contributed by atoms with Crippen LogP contribution in [0.5, 0.6) is 0 Å². The molecule has 1 unspecified atom stereocenters. The van der Waals surface area contributed by atoms with Gasteiger partial charge in [-0.05, 0) is 18.6 Å². The highest BCUT2D eigenvalue weighted by Crippen LogP contribution is 2.25. The fourth-order valence-corrected chi connectivity index (χ4v) is 2.34. The van der Waals surface area contributed by atoms with Gasteiger partial charge >= 0.3 is 5.97 Å². The summed E-state index contributed by atoms with van der Waals surface area (Å²) >= 11 is 7.11. The number of hydrogen-bond acceptors (Lipinski definition) is 4. The number of carboxylic acids is 1. The summed E-state index contributed by atoms with van der Waals surface area (Å²) in [5, 5.41) is 18.5. The van der Waals surface area contributed by atoms with Crippen LogP contribution in [0.15, 0.2) is 17.2 Å². The Balaban J connectivity index is 2.84. The van der Waals surface area contributed by atoms with Gasteiger partial charge in [0, 0.05) is 11.9 Å². The van der Waals surface area contributed by atoms with E-state index >= 15 is 0 Å². The largest absolute Gasteiger partial charge is 0.478 e. The van der Waals surface area contributed by atoms with E-state index in [4.69, 9.17) is 21.8 Å². The number of carbonyl (C=O) groups is 1. The van der Waals surface area contributed by atoms with Gasteiger partial charge in [-0.2, -0.15) is 0 Å². The van der Waals surface area contributed by atoms with E-state index in [1.807, 2.05) is 6.92 Å². The van der Waals surface area contributed by atoms with Crippen molar-refractivity contribution in [1.82, 2.24) is 4.98 Å². The van der Waals surface area contributed by atoms with Crippen molar-refractivity contribution in [1.29, 1.82) is 0 Å². The number of rotatable bonds is 5. The molecule has 0 saturated heterocycles. The van der Waals surface area contributed by atoms with Gasteiger partial charge in [0.05, 0.1) is 10.6 Å². The first-order valence-corrected chi connectivity index (χ1v) is 5.97. The molecule has 0 aliphatic carbocycles. The first-order chi connectivity index (χ1) is 7.52. The Morgan fingerprint density at radius 1 is 1.62 bits per heavy atom. The maximum Gasteiger partial charge on any atom is 0.335 e. The Labute approximate surface area is 103 Å². The van der Waals surface area contributed by atoms with Gasteiger partial charge in [-0.1, -0.05) is 18.5 Å². The maximum absolute atomic E-state index is 10.8. The fraction of sp³-hybridized carbons (Fsp3) is 0.400. The van der Waals surface area contributed by atoms with Gasteiger partial charge in [0.2, 0.25) is 0 Å². The van der Waals surface area contributed by atoms with E-state index in [0.717, 1.165) is 0 Å². The second kappa shape index (κ2) is 6.08.